The van der Waals surface area contributed by atoms with Crippen LogP contribution in [0.5, 0.6) is 0 Å². The first-order chi connectivity index (χ1) is 12.3. The molecule has 0 heterocycles. The lowest BCUT2D eigenvalue weighted by molar-refractivity contribution is 0.472. The van der Waals surface area contributed by atoms with E-state index in [1.165, 1.54) is 128 Å². The van der Waals surface area contributed by atoms with Crippen LogP contribution in [0, 0.1) is 18.3 Å². The first-order valence-corrected chi connectivity index (χ1v) is 11.8. The van der Waals surface area contributed by atoms with Gasteiger partial charge < -0.3 is 0 Å². The molecule has 0 heteroatoms. The topological polar surface area (TPSA) is 0 Å². The molecule has 0 spiro atoms. The Bertz CT molecular complexity index is 272. The molecule has 0 amide bonds. The van der Waals surface area contributed by atoms with Gasteiger partial charge in [0.1, 0.15) is 0 Å². The maximum atomic E-state index is 5.73. The van der Waals surface area contributed by atoms with Crippen LogP contribution in [0.2, 0.25) is 0 Å². The average molecular weight is 349 g/mol. The van der Waals surface area contributed by atoms with E-state index in [9.17, 15) is 0 Å². The summed E-state index contributed by atoms with van der Waals surface area (Å²) in [4.78, 5) is 0. The third-order valence-corrected chi connectivity index (χ3v) is 5.55. The van der Waals surface area contributed by atoms with Gasteiger partial charge in [-0.05, 0) is 12.8 Å². The lowest BCUT2D eigenvalue weighted by atomic mass is 9.95. The quantitative estimate of drug-likeness (QED) is 0.152. The zero-order valence-corrected chi connectivity index (χ0v) is 17.8. The van der Waals surface area contributed by atoms with E-state index in [0.717, 1.165) is 0 Å². The summed E-state index contributed by atoms with van der Waals surface area (Å²) in [6.45, 7) is 4.57. The summed E-state index contributed by atoms with van der Waals surface area (Å²) in [5.74, 6) is 3.60. The highest BCUT2D eigenvalue weighted by Crippen LogP contribution is 2.19. The molecule has 0 aromatic carbocycles. The minimum Gasteiger partial charge on any atom is -0.120 e. The Hall–Kier alpha value is -0.440. The Morgan fingerprint density at radius 3 is 1.04 bits per heavy atom. The maximum absolute atomic E-state index is 5.73. The van der Waals surface area contributed by atoms with Crippen LogP contribution in [0.15, 0.2) is 0 Å². The maximum Gasteiger partial charge on any atom is 0.0200 e. The van der Waals surface area contributed by atoms with Crippen LogP contribution in [0.4, 0.5) is 0 Å². The van der Waals surface area contributed by atoms with Gasteiger partial charge in [0.15, 0.2) is 0 Å². The van der Waals surface area contributed by atoms with Crippen molar-refractivity contribution in [2.24, 2.45) is 5.92 Å². The number of rotatable bonds is 20. The van der Waals surface area contributed by atoms with Crippen LogP contribution >= 0.6 is 0 Å². The highest BCUT2D eigenvalue weighted by Gasteiger charge is 2.04. The Labute approximate surface area is 160 Å². The molecule has 0 aliphatic carbocycles. The number of terminal acetylenes is 1. The van der Waals surface area contributed by atoms with E-state index in [1.54, 1.807) is 0 Å². The molecule has 0 saturated carbocycles. The van der Waals surface area contributed by atoms with Gasteiger partial charge in [-0.25, -0.2) is 0 Å². The largest absolute Gasteiger partial charge is 0.120 e. The lowest BCUT2D eigenvalue weighted by Crippen LogP contribution is -1.97. The highest BCUT2D eigenvalue weighted by atomic mass is 14.1. The van der Waals surface area contributed by atoms with E-state index in [4.69, 9.17) is 6.42 Å². The van der Waals surface area contributed by atoms with E-state index in [2.05, 4.69) is 19.8 Å². The van der Waals surface area contributed by atoms with Gasteiger partial charge in [0.05, 0.1) is 0 Å². The van der Waals surface area contributed by atoms with Gasteiger partial charge in [-0.15, -0.1) is 12.3 Å². The number of hydrogen-bond acceptors (Lipinski definition) is 0. The van der Waals surface area contributed by atoms with Crippen molar-refractivity contribution in [1.29, 1.82) is 0 Å². The van der Waals surface area contributed by atoms with Crippen molar-refractivity contribution < 1.29 is 0 Å². The molecule has 1 unspecified atom stereocenters. The predicted octanol–water partition coefficient (Wildman–Crippen LogP) is 9.08. The van der Waals surface area contributed by atoms with Gasteiger partial charge in [-0.2, -0.15) is 0 Å². The summed E-state index contributed by atoms with van der Waals surface area (Å²) in [6, 6.07) is 0. The van der Waals surface area contributed by atoms with Crippen LogP contribution in [-0.4, -0.2) is 0 Å². The molecule has 0 aromatic rings. The molecule has 0 N–H and O–H groups in total. The molecule has 1 atom stereocenters. The summed E-state index contributed by atoms with van der Waals surface area (Å²) in [6.07, 6.45) is 33.7. The minimum atomic E-state index is 0.550. The molecule has 0 radical (unpaired) electrons. The van der Waals surface area contributed by atoms with Crippen molar-refractivity contribution in [2.75, 3.05) is 0 Å². The molecule has 0 aliphatic heterocycles. The molecule has 0 rings (SSSR count). The zero-order chi connectivity index (χ0) is 18.4. The molecule has 0 fully saturated rings. The van der Waals surface area contributed by atoms with Gasteiger partial charge in [-0.3, -0.25) is 0 Å². The fraction of sp³-hybridized carbons (Fsp3) is 0.920. The van der Waals surface area contributed by atoms with Gasteiger partial charge in [0.2, 0.25) is 0 Å². The molecule has 0 aromatic heterocycles. The molecule has 0 saturated heterocycles. The van der Waals surface area contributed by atoms with E-state index in [0.29, 0.717) is 5.92 Å². The first-order valence-electron chi connectivity index (χ1n) is 11.8. The minimum absolute atomic E-state index is 0.550. The van der Waals surface area contributed by atoms with Crippen molar-refractivity contribution in [3.63, 3.8) is 0 Å². The van der Waals surface area contributed by atoms with E-state index < -0.39 is 0 Å². The van der Waals surface area contributed by atoms with Crippen LogP contribution in [0.1, 0.15) is 142 Å². The predicted molar refractivity (Wildman–Crippen MR) is 116 cm³/mol. The van der Waals surface area contributed by atoms with Crippen molar-refractivity contribution in [3.05, 3.63) is 0 Å². The number of hydrogen-bond donors (Lipinski definition) is 0. The van der Waals surface area contributed by atoms with Gasteiger partial charge in [0, 0.05) is 5.92 Å². The van der Waals surface area contributed by atoms with E-state index in [1.807, 2.05) is 0 Å². The molecule has 148 valence electrons. The van der Waals surface area contributed by atoms with Crippen LogP contribution in [0.25, 0.3) is 0 Å². The highest BCUT2D eigenvalue weighted by molar-refractivity contribution is 4.92. The molecular weight excluding hydrogens is 300 g/mol. The third kappa shape index (κ3) is 19.7. The SMILES string of the molecule is C#CC(CCCCCCCCC)CCCCCCCCCCCCC. The Morgan fingerprint density at radius 2 is 0.760 bits per heavy atom. The smallest absolute Gasteiger partial charge is 0.0200 e. The van der Waals surface area contributed by atoms with E-state index >= 15 is 0 Å². The lowest BCUT2D eigenvalue weighted by Gasteiger charge is -2.10. The second kappa shape index (κ2) is 21.6. The van der Waals surface area contributed by atoms with E-state index in [-0.39, 0.29) is 0 Å². The standard InChI is InChI=1S/C25H48/c1-4-7-9-11-13-14-15-16-18-20-22-24-25(6-3)23-21-19-17-12-10-8-5-2/h3,25H,4-5,7-24H2,1-2H3. The summed E-state index contributed by atoms with van der Waals surface area (Å²) in [5.41, 5.74) is 0. The van der Waals surface area contributed by atoms with Crippen LogP contribution < -0.4 is 0 Å². The monoisotopic (exact) mass is 348 g/mol. The fourth-order valence-corrected chi connectivity index (χ4v) is 3.71. The fourth-order valence-electron chi connectivity index (χ4n) is 3.71. The Kier molecular flexibility index (Phi) is 21.2. The second-order valence-corrected chi connectivity index (χ2v) is 8.10. The summed E-state index contributed by atoms with van der Waals surface area (Å²) < 4.78 is 0. The van der Waals surface area contributed by atoms with Gasteiger partial charge >= 0.3 is 0 Å². The Balaban J connectivity index is 3.28. The van der Waals surface area contributed by atoms with Gasteiger partial charge in [0.25, 0.3) is 0 Å². The summed E-state index contributed by atoms with van der Waals surface area (Å²) in [7, 11) is 0. The van der Waals surface area contributed by atoms with Crippen molar-refractivity contribution in [3.8, 4) is 12.3 Å². The molecular formula is C25H48. The summed E-state index contributed by atoms with van der Waals surface area (Å²) in [5, 5.41) is 0. The summed E-state index contributed by atoms with van der Waals surface area (Å²) >= 11 is 0. The molecule has 0 aliphatic rings. The van der Waals surface area contributed by atoms with Gasteiger partial charge in [-0.1, -0.05) is 129 Å². The second-order valence-electron chi connectivity index (χ2n) is 8.10. The number of unbranched alkanes of at least 4 members (excludes halogenated alkanes) is 16. The Morgan fingerprint density at radius 1 is 0.480 bits per heavy atom. The van der Waals surface area contributed by atoms with Crippen LogP contribution in [-0.2, 0) is 0 Å². The van der Waals surface area contributed by atoms with Crippen LogP contribution in [0.3, 0.4) is 0 Å². The van der Waals surface area contributed by atoms with Crippen molar-refractivity contribution in [2.45, 2.75) is 142 Å². The van der Waals surface area contributed by atoms with Crippen molar-refractivity contribution >= 4 is 0 Å². The first kappa shape index (κ1) is 24.6. The third-order valence-electron chi connectivity index (χ3n) is 5.55. The molecule has 25 heavy (non-hydrogen) atoms. The molecule has 0 bridgehead atoms. The zero-order valence-electron chi connectivity index (χ0n) is 17.8. The normalized spacial score (nSPS) is 12.2. The molecule has 0 nitrogen and oxygen atoms in total. The average Bonchev–Trinajstić information content (AvgIpc) is 2.63. The van der Waals surface area contributed by atoms with Crippen molar-refractivity contribution in [1.82, 2.24) is 0 Å².